The van der Waals surface area contributed by atoms with Crippen molar-refractivity contribution in [3.8, 4) is 5.75 Å². The molecule has 7 nitrogen and oxygen atoms in total. The van der Waals surface area contributed by atoms with Gasteiger partial charge in [-0.15, -0.1) is 0 Å². The Labute approximate surface area is 150 Å². The lowest BCUT2D eigenvalue weighted by Crippen LogP contribution is -2.53. The number of rotatable bonds is 5. The van der Waals surface area contributed by atoms with Gasteiger partial charge in [0.2, 0.25) is 5.91 Å². The first kappa shape index (κ1) is 19.7. The van der Waals surface area contributed by atoms with Crippen molar-refractivity contribution in [2.24, 2.45) is 0 Å². The highest BCUT2D eigenvalue weighted by molar-refractivity contribution is 7.86. The second-order valence-corrected chi connectivity index (χ2v) is 8.66. The summed E-state index contributed by atoms with van der Waals surface area (Å²) in [6.45, 7) is 5.39. The molecule has 0 unspecified atom stereocenters. The van der Waals surface area contributed by atoms with Crippen LogP contribution in [-0.2, 0) is 21.4 Å². The van der Waals surface area contributed by atoms with Crippen molar-refractivity contribution in [2.45, 2.75) is 20.3 Å². The summed E-state index contributed by atoms with van der Waals surface area (Å²) in [5.74, 6) is 0.734. The number of ether oxygens (including phenoxy) is 1. The number of carbonyl (C=O) groups is 1. The maximum absolute atomic E-state index is 12.6. The van der Waals surface area contributed by atoms with Crippen LogP contribution in [0, 0.1) is 13.8 Å². The molecule has 1 amide bonds. The number of piperazine rings is 1. The first-order valence-electron chi connectivity index (χ1n) is 8.26. The van der Waals surface area contributed by atoms with E-state index in [-0.39, 0.29) is 12.3 Å². The molecule has 0 spiro atoms. The Morgan fingerprint density at radius 2 is 1.76 bits per heavy atom. The van der Waals surface area contributed by atoms with E-state index in [1.165, 1.54) is 22.7 Å². The van der Waals surface area contributed by atoms with Gasteiger partial charge in [-0.2, -0.15) is 17.0 Å². The molecule has 0 aliphatic carbocycles. The van der Waals surface area contributed by atoms with Crippen LogP contribution in [0.25, 0.3) is 0 Å². The minimum atomic E-state index is -3.42. The summed E-state index contributed by atoms with van der Waals surface area (Å²) < 4.78 is 32.3. The maximum atomic E-state index is 12.6. The monoisotopic (exact) mass is 369 g/mol. The first-order chi connectivity index (χ1) is 11.7. The van der Waals surface area contributed by atoms with Crippen LogP contribution in [0.1, 0.15) is 16.7 Å². The number of methoxy groups -OCH3 is 1. The molecule has 1 heterocycles. The Bertz CT molecular complexity index is 739. The lowest BCUT2D eigenvalue weighted by Gasteiger charge is -2.35. The van der Waals surface area contributed by atoms with Crippen LogP contribution in [0.2, 0.25) is 0 Å². The SMILES string of the molecule is COc1c(C)cc(C)cc1CC(=O)N1CCN(S(=O)(=O)N(C)C)CC1. The van der Waals surface area contributed by atoms with Crippen LogP contribution in [-0.4, -0.2) is 75.2 Å². The predicted octanol–water partition coefficient (Wildman–Crippen LogP) is 0.805. The summed E-state index contributed by atoms with van der Waals surface area (Å²) in [6, 6.07) is 3.99. The van der Waals surface area contributed by atoms with Crippen LogP contribution in [0.15, 0.2) is 12.1 Å². The van der Waals surface area contributed by atoms with E-state index in [9.17, 15) is 13.2 Å². The van der Waals surface area contributed by atoms with Crippen LogP contribution in [0.5, 0.6) is 5.75 Å². The molecule has 25 heavy (non-hydrogen) atoms. The van der Waals surface area contributed by atoms with Crippen LogP contribution < -0.4 is 4.74 Å². The number of nitrogens with zero attached hydrogens (tertiary/aromatic N) is 3. The fourth-order valence-electron chi connectivity index (χ4n) is 3.14. The molecule has 0 saturated carbocycles. The fraction of sp³-hybridized carbons (Fsp3) is 0.588. The van der Waals surface area contributed by atoms with Gasteiger partial charge in [-0.05, 0) is 19.4 Å². The van der Waals surface area contributed by atoms with E-state index < -0.39 is 10.2 Å². The summed E-state index contributed by atoms with van der Waals surface area (Å²) in [6.07, 6.45) is 0.256. The van der Waals surface area contributed by atoms with Gasteiger partial charge in [-0.1, -0.05) is 17.7 Å². The average molecular weight is 369 g/mol. The van der Waals surface area contributed by atoms with Crippen molar-refractivity contribution in [1.82, 2.24) is 13.5 Å². The second-order valence-electron chi connectivity index (χ2n) is 6.52. The van der Waals surface area contributed by atoms with Crippen LogP contribution >= 0.6 is 0 Å². The molecule has 1 aliphatic heterocycles. The molecule has 0 N–H and O–H groups in total. The number of amides is 1. The van der Waals surface area contributed by atoms with E-state index >= 15 is 0 Å². The molecule has 8 heteroatoms. The normalized spacial score (nSPS) is 16.3. The fourth-order valence-corrected chi connectivity index (χ4v) is 4.23. The lowest BCUT2D eigenvalue weighted by molar-refractivity contribution is -0.131. The molecule has 0 aromatic heterocycles. The first-order valence-corrected chi connectivity index (χ1v) is 9.66. The molecule has 0 bridgehead atoms. The Hall–Kier alpha value is -1.64. The van der Waals surface area contributed by atoms with Crippen molar-refractivity contribution >= 4 is 16.1 Å². The molecule has 1 aromatic rings. The van der Waals surface area contributed by atoms with Crippen LogP contribution in [0.4, 0.5) is 0 Å². The van der Waals surface area contributed by atoms with Crippen molar-refractivity contribution in [1.29, 1.82) is 0 Å². The standard InChI is InChI=1S/C17H27N3O4S/c1-13-10-14(2)17(24-5)15(11-13)12-16(21)19-6-8-20(9-7-19)25(22,23)18(3)4/h10-11H,6-9,12H2,1-5H3. The van der Waals surface area contributed by atoms with E-state index in [0.717, 1.165) is 22.4 Å². The number of aryl methyl sites for hydroxylation is 2. The molecule has 1 saturated heterocycles. The summed E-state index contributed by atoms with van der Waals surface area (Å²) in [5.41, 5.74) is 2.96. The minimum Gasteiger partial charge on any atom is -0.496 e. The molecular formula is C17H27N3O4S. The minimum absolute atomic E-state index is 0.00907. The van der Waals surface area contributed by atoms with Gasteiger partial charge in [0.25, 0.3) is 10.2 Å². The number of hydrogen-bond acceptors (Lipinski definition) is 4. The third-order valence-corrected chi connectivity index (χ3v) is 6.36. The highest BCUT2D eigenvalue weighted by Crippen LogP contribution is 2.26. The topological polar surface area (TPSA) is 70.2 Å². The summed E-state index contributed by atoms with van der Waals surface area (Å²) >= 11 is 0. The smallest absolute Gasteiger partial charge is 0.281 e. The van der Waals surface area contributed by atoms with Gasteiger partial charge in [-0.25, -0.2) is 0 Å². The third-order valence-electron chi connectivity index (χ3n) is 4.42. The van der Waals surface area contributed by atoms with Gasteiger partial charge in [0.15, 0.2) is 0 Å². The van der Waals surface area contributed by atoms with Gasteiger partial charge in [0.1, 0.15) is 5.75 Å². The van der Waals surface area contributed by atoms with Gasteiger partial charge in [0, 0.05) is 45.8 Å². The highest BCUT2D eigenvalue weighted by Gasteiger charge is 2.30. The van der Waals surface area contributed by atoms with Gasteiger partial charge < -0.3 is 9.64 Å². The molecular weight excluding hydrogens is 342 g/mol. The largest absolute Gasteiger partial charge is 0.496 e. The van der Waals surface area contributed by atoms with Crippen molar-refractivity contribution in [3.63, 3.8) is 0 Å². The quantitative estimate of drug-likeness (QED) is 0.770. The Kier molecular flexibility index (Phi) is 6.08. The van der Waals surface area contributed by atoms with Crippen molar-refractivity contribution < 1.29 is 17.9 Å². The Morgan fingerprint density at radius 1 is 1.16 bits per heavy atom. The van der Waals surface area contributed by atoms with Gasteiger partial charge in [0.05, 0.1) is 13.5 Å². The number of benzene rings is 1. The molecule has 140 valence electrons. The number of hydrogen-bond donors (Lipinski definition) is 0. The van der Waals surface area contributed by atoms with E-state index in [2.05, 4.69) is 0 Å². The van der Waals surface area contributed by atoms with Gasteiger partial charge in [-0.3, -0.25) is 4.79 Å². The molecule has 0 radical (unpaired) electrons. The zero-order valence-electron chi connectivity index (χ0n) is 15.6. The zero-order chi connectivity index (χ0) is 18.8. The highest BCUT2D eigenvalue weighted by atomic mass is 32.2. The molecule has 0 atom stereocenters. The molecule has 2 rings (SSSR count). The number of carbonyl (C=O) groups excluding carboxylic acids is 1. The summed E-state index contributed by atoms with van der Waals surface area (Å²) in [5, 5.41) is 0. The third kappa shape index (κ3) is 4.31. The molecule has 1 fully saturated rings. The predicted molar refractivity (Wildman–Crippen MR) is 96.9 cm³/mol. The second kappa shape index (κ2) is 7.72. The molecule has 1 aliphatic rings. The van der Waals surface area contributed by atoms with Crippen molar-refractivity contribution in [3.05, 3.63) is 28.8 Å². The van der Waals surface area contributed by atoms with Crippen molar-refractivity contribution in [2.75, 3.05) is 47.4 Å². The zero-order valence-corrected chi connectivity index (χ0v) is 16.4. The Morgan fingerprint density at radius 3 is 2.28 bits per heavy atom. The molecule has 1 aromatic carbocycles. The average Bonchev–Trinajstić information content (AvgIpc) is 2.54. The van der Waals surface area contributed by atoms with Crippen LogP contribution in [0.3, 0.4) is 0 Å². The van der Waals surface area contributed by atoms with E-state index in [0.29, 0.717) is 26.2 Å². The van der Waals surface area contributed by atoms with E-state index in [4.69, 9.17) is 4.74 Å². The lowest BCUT2D eigenvalue weighted by atomic mass is 10.0. The Balaban J connectivity index is 2.05. The summed E-state index contributed by atoms with van der Waals surface area (Å²) in [7, 11) is 1.21. The summed E-state index contributed by atoms with van der Waals surface area (Å²) in [4.78, 5) is 14.4. The van der Waals surface area contributed by atoms with E-state index in [1.54, 1.807) is 12.0 Å². The maximum Gasteiger partial charge on any atom is 0.281 e. The van der Waals surface area contributed by atoms with E-state index in [1.807, 2.05) is 26.0 Å². The van der Waals surface area contributed by atoms with Gasteiger partial charge >= 0.3 is 0 Å².